The van der Waals surface area contributed by atoms with Crippen LogP contribution < -0.4 is 0 Å². The Balaban J connectivity index is 2.92. The van der Waals surface area contributed by atoms with Crippen molar-refractivity contribution in [1.29, 1.82) is 0 Å². The van der Waals surface area contributed by atoms with Gasteiger partial charge in [0.15, 0.2) is 0 Å². The molecule has 0 radical (unpaired) electrons. The molecule has 3 heteroatoms. The molecule has 0 atom stereocenters. The van der Waals surface area contributed by atoms with Crippen LogP contribution in [0, 0.1) is 11.8 Å². The summed E-state index contributed by atoms with van der Waals surface area (Å²) in [5, 5.41) is 3.77. The molecule has 0 N–H and O–H groups in total. The van der Waals surface area contributed by atoms with E-state index in [-0.39, 0.29) is 0 Å². The molecule has 0 saturated heterocycles. The molecule has 2 aromatic rings. The standard InChI is InChI=1S/C10H8N2O/c1-7-4-5-9(12-13)8-3-2-6-11-10(7)8/h2-6H,1H3. The molecule has 0 aliphatic carbocycles. The zero-order valence-corrected chi connectivity index (χ0v) is 7.19. The van der Waals surface area contributed by atoms with E-state index in [0.717, 1.165) is 16.5 Å². The zero-order valence-electron chi connectivity index (χ0n) is 7.19. The van der Waals surface area contributed by atoms with Gasteiger partial charge >= 0.3 is 0 Å². The Labute approximate surface area is 75.4 Å². The molecule has 64 valence electrons. The smallest absolute Gasteiger partial charge is 0.117 e. The fourth-order valence-corrected chi connectivity index (χ4v) is 1.38. The first-order valence-corrected chi connectivity index (χ1v) is 4.00. The first-order valence-electron chi connectivity index (χ1n) is 4.00. The normalized spacial score (nSPS) is 10.2. The lowest BCUT2D eigenvalue weighted by molar-refractivity contribution is 1.36. The minimum absolute atomic E-state index is 0.453. The molecule has 2 rings (SSSR count). The predicted octanol–water partition coefficient (Wildman–Crippen LogP) is 2.94. The third kappa shape index (κ3) is 1.18. The number of aryl methyl sites for hydroxylation is 1. The SMILES string of the molecule is Cc1ccc(N=O)c2cccnc12. The van der Waals surface area contributed by atoms with Gasteiger partial charge in [0.1, 0.15) is 5.69 Å². The minimum atomic E-state index is 0.453. The maximum absolute atomic E-state index is 10.5. The minimum Gasteiger partial charge on any atom is -0.256 e. The third-order valence-electron chi connectivity index (χ3n) is 2.05. The highest BCUT2D eigenvalue weighted by Crippen LogP contribution is 2.26. The summed E-state index contributed by atoms with van der Waals surface area (Å²) in [5.74, 6) is 0. The molecule has 0 amide bonds. The fourth-order valence-electron chi connectivity index (χ4n) is 1.38. The summed E-state index contributed by atoms with van der Waals surface area (Å²) in [7, 11) is 0. The van der Waals surface area contributed by atoms with Crippen molar-refractivity contribution in [2.75, 3.05) is 0 Å². The van der Waals surface area contributed by atoms with Crippen LogP contribution in [0.1, 0.15) is 5.56 Å². The lowest BCUT2D eigenvalue weighted by Gasteiger charge is -2.00. The molecule has 0 aliphatic heterocycles. The average Bonchev–Trinajstić information content (AvgIpc) is 2.19. The van der Waals surface area contributed by atoms with Crippen molar-refractivity contribution in [2.24, 2.45) is 5.18 Å². The Bertz CT molecular complexity index is 465. The lowest BCUT2D eigenvalue weighted by atomic mass is 10.1. The van der Waals surface area contributed by atoms with Crippen molar-refractivity contribution in [1.82, 2.24) is 4.98 Å². The van der Waals surface area contributed by atoms with Gasteiger partial charge in [-0.05, 0) is 35.9 Å². The highest BCUT2D eigenvalue weighted by atomic mass is 16.3. The lowest BCUT2D eigenvalue weighted by Crippen LogP contribution is -1.81. The zero-order chi connectivity index (χ0) is 9.26. The maximum Gasteiger partial charge on any atom is 0.117 e. The molecular formula is C10H8N2O. The molecule has 0 fully saturated rings. The van der Waals surface area contributed by atoms with Gasteiger partial charge in [0.25, 0.3) is 0 Å². The van der Waals surface area contributed by atoms with Crippen LogP contribution in [-0.4, -0.2) is 4.98 Å². The number of benzene rings is 1. The number of hydrogen-bond acceptors (Lipinski definition) is 3. The van der Waals surface area contributed by atoms with E-state index in [2.05, 4.69) is 10.2 Å². The van der Waals surface area contributed by atoms with Crippen molar-refractivity contribution < 1.29 is 0 Å². The fraction of sp³-hybridized carbons (Fsp3) is 0.100. The van der Waals surface area contributed by atoms with Gasteiger partial charge < -0.3 is 0 Å². The highest BCUT2D eigenvalue weighted by molar-refractivity contribution is 5.91. The van der Waals surface area contributed by atoms with E-state index < -0.39 is 0 Å². The topological polar surface area (TPSA) is 42.3 Å². The predicted molar refractivity (Wildman–Crippen MR) is 51.9 cm³/mol. The van der Waals surface area contributed by atoms with Gasteiger partial charge in [0, 0.05) is 11.6 Å². The van der Waals surface area contributed by atoms with Crippen molar-refractivity contribution in [3.05, 3.63) is 40.9 Å². The van der Waals surface area contributed by atoms with Crippen LogP contribution in [0.25, 0.3) is 10.9 Å². The third-order valence-corrected chi connectivity index (χ3v) is 2.05. The Morgan fingerprint density at radius 1 is 1.31 bits per heavy atom. The van der Waals surface area contributed by atoms with Crippen LogP contribution in [0.15, 0.2) is 35.6 Å². The van der Waals surface area contributed by atoms with Crippen LogP contribution in [0.3, 0.4) is 0 Å². The highest BCUT2D eigenvalue weighted by Gasteiger charge is 2.03. The monoisotopic (exact) mass is 172 g/mol. The van der Waals surface area contributed by atoms with Crippen LogP contribution in [0.4, 0.5) is 5.69 Å². The molecule has 1 heterocycles. The molecule has 1 aromatic carbocycles. The van der Waals surface area contributed by atoms with E-state index in [1.54, 1.807) is 18.3 Å². The Morgan fingerprint density at radius 2 is 2.15 bits per heavy atom. The molecule has 1 aromatic heterocycles. The van der Waals surface area contributed by atoms with E-state index in [1.807, 2.05) is 19.1 Å². The van der Waals surface area contributed by atoms with Gasteiger partial charge in [-0.15, -0.1) is 4.91 Å². The maximum atomic E-state index is 10.5. The number of pyridine rings is 1. The van der Waals surface area contributed by atoms with E-state index in [4.69, 9.17) is 0 Å². The number of nitroso groups, excluding NO2 is 1. The van der Waals surface area contributed by atoms with Gasteiger partial charge in [-0.25, -0.2) is 0 Å². The van der Waals surface area contributed by atoms with Crippen LogP contribution in [-0.2, 0) is 0 Å². The molecule has 0 saturated carbocycles. The molecular weight excluding hydrogens is 164 g/mol. The first kappa shape index (κ1) is 7.86. The molecule has 13 heavy (non-hydrogen) atoms. The number of fused-ring (bicyclic) bond motifs is 1. The second-order valence-electron chi connectivity index (χ2n) is 2.89. The molecule has 0 aliphatic rings. The largest absolute Gasteiger partial charge is 0.256 e. The summed E-state index contributed by atoms with van der Waals surface area (Å²) in [6, 6.07) is 7.22. The number of rotatable bonds is 1. The number of nitrogens with zero attached hydrogens (tertiary/aromatic N) is 2. The van der Waals surface area contributed by atoms with Crippen molar-refractivity contribution in [3.63, 3.8) is 0 Å². The van der Waals surface area contributed by atoms with Crippen LogP contribution in [0.2, 0.25) is 0 Å². The van der Waals surface area contributed by atoms with Crippen molar-refractivity contribution in [3.8, 4) is 0 Å². The summed E-state index contributed by atoms with van der Waals surface area (Å²) in [5.41, 5.74) is 2.36. The van der Waals surface area contributed by atoms with Crippen LogP contribution >= 0.6 is 0 Å². The van der Waals surface area contributed by atoms with Crippen molar-refractivity contribution >= 4 is 16.6 Å². The molecule has 0 unspecified atom stereocenters. The second kappa shape index (κ2) is 2.94. The second-order valence-corrected chi connectivity index (χ2v) is 2.89. The van der Waals surface area contributed by atoms with Gasteiger partial charge in [-0.1, -0.05) is 6.07 Å². The van der Waals surface area contributed by atoms with Gasteiger partial charge in [0.05, 0.1) is 5.52 Å². The Morgan fingerprint density at radius 3 is 2.92 bits per heavy atom. The van der Waals surface area contributed by atoms with Crippen LogP contribution in [0.5, 0.6) is 0 Å². The summed E-state index contributed by atoms with van der Waals surface area (Å²) >= 11 is 0. The summed E-state index contributed by atoms with van der Waals surface area (Å²) < 4.78 is 0. The van der Waals surface area contributed by atoms with E-state index in [9.17, 15) is 4.91 Å². The molecule has 3 nitrogen and oxygen atoms in total. The van der Waals surface area contributed by atoms with Gasteiger partial charge in [-0.3, -0.25) is 4.98 Å². The summed E-state index contributed by atoms with van der Waals surface area (Å²) in [6.07, 6.45) is 1.71. The molecule has 0 spiro atoms. The summed E-state index contributed by atoms with van der Waals surface area (Å²) in [4.78, 5) is 14.6. The number of aromatic nitrogens is 1. The Hall–Kier alpha value is -1.77. The molecule has 0 bridgehead atoms. The first-order chi connectivity index (χ1) is 6.33. The van der Waals surface area contributed by atoms with E-state index in [0.29, 0.717) is 5.69 Å². The van der Waals surface area contributed by atoms with E-state index in [1.165, 1.54) is 0 Å². The van der Waals surface area contributed by atoms with Gasteiger partial charge in [0.2, 0.25) is 0 Å². The number of hydrogen-bond donors (Lipinski definition) is 0. The van der Waals surface area contributed by atoms with Gasteiger partial charge in [-0.2, -0.15) is 0 Å². The summed E-state index contributed by atoms with van der Waals surface area (Å²) in [6.45, 7) is 1.96. The van der Waals surface area contributed by atoms with E-state index >= 15 is 0 Å². The Kier molecular flexibility index (Phi) is 1.77. The van der Waals surface area contributed by atoms with Crippen molar-refractivity contribution in [2.45, 2.75) is 6.92 Å². The average molecular weight is 172 g/mol. The quantitative estimate of drug-likeness (QED) is 0.620.